The third kappa shape index (κ3) is 6.04. The molecule has 0 aliphatic carbocycles. The minimum absolute atomic E-state index is 0. The molecule has 1 saturated heterocycles. The van der Waals surface area contributed by atoms with E-state index >= 15 is 0 Å². The number of nitro groups is 1. The second-order valence-electron chi connectivity index (χ2n) is 12.1. The number of benzene rings is 3. The summed E-state index contributed by atoms with van der Waals surface area (Å²) in [5.41, 5.74) is 1.61. The first-order chi connectivity index (χ1) is 21.5. The molecule has 0 radical (unpaired) electrons. The quantitative estimate of drug-likeness (QED) is 0.183. The van der Waals surface area contributed by atoms with Crippen molar-refractivity contribution >= 4 is 30.0 Å². The summed E-state index contributed by atoms with van der Waals surface area (Å²) in [5, 5.41) is 32.9. The number of rotatable bonds is 10. The number of hydrogen-bond acceptors (Lipinski definition) is 6. The van der Waals surface area contributed by atoms with Gasteiger partial charge in [0, 0.05) is 36.0 Å². The molecule has 46 heavy (non-hydrogen) atoms. The van der Waals surface area contributed by atoms with Crippen molar-refractivity contribution in [2.24, 2.45) is 0 Å². The van der Waals surface area contributed by atoms with Crippen LogP contribution in [-0.2, 0) is 20.4 Å². The number of nitro benzene ring substituents is 1. The Morgan fingerprint density at radius 2 is 1.28 bits per heavy atom. The molecule has 3 aromatic rings. The zero-order valence-electron chi connectivity index (χ0n) is 26.3. The fraction of sp³-hybridized carbons (Fsp3) is 0.333. The Morgan fingerprint density at radius 1 is 0.804 bits per heavy atom. The van der Waals surface area contributed by atoms with E-state index in [2.05, 4.69) is 53.4 Å². The van der Waals surface area contributed by atoms with E-state index in [4.69, 9.17) is 0 Å². The van der Waals surface area contributed by atoms with E-state index in [1.54, 1.807) is 31.9 Å². The van der Waals surface area contributed by atoms with Gasteiger partial charge in [-0.15, -0.1) is 12.4 Å². The molecule has 0 saturated carbocycles. The molecule has 2 aliphatic heterocycles. The first-order valence-corrected chi connectivity index (χ1v) is 15.2. The molecule has 0 amide bonds. The number of carboxylic acids is 2. The average Bonchev–Trinajstić information content (AvgIpc) is 3.04. The topological polar surface area (TPSA) is 124 Å². The highest BCUT2D eigenvalue weighted by molar-refractivity contribution is 6.00. The van der Waals surface area contributed by atoms with Gasteiger partial charge in [0.1, 0.15) is 0 Å². The van der Waals surface area contributed by atoms with Crippen LogP contribution in [0.15, 0.2) is 107 Å². The SMILES string of the molecule is CC1=C(C(=O)O)C(CCCN2CCC(c3ccccc3)(c3ccccc3)CC2)(c2cccc([N+](=O)[O-])c2)C(C(=O)O)=C(C)N1C.Cl. The van der Waals surface area contributed by atoms with Crippen LogP contribution < -0.4 is 0 Å². The number of carbonyl (C=O) groups is 2. The number of non-ortho nitro benzene ring substituents is 1. The molecule has 242 valence electrons. The normalized spacial score (nSPS) is 17.8. The summed E-state index contributed by atoms with van der Waals surface area (Å²) in [7, 11) is 1.65. The summed E-state index contributed by atoms with van der Waals surface area (Å²) < 4.78 is 0. The minimum atomic E-state index is -1.59. The summed E-state index contributed by atoms with van der Waals surface area (Å²) >= 11 is 0. The van der Waals surface area contributed by atoms with Crippen LogP contribution in [0.3, 0.4) is 0 Å². The van der Waals surface area contributed by atoms with Gasteiger partial charge in [-0.3, -0.25) is 10.1 Å². The molecule has 0 aromatic heterocycles. The molecule has 0 atom stereocenters. The molecule has 0 bridgehead atoms. The lowest BCUT2D eigenvalue weighted by Gasteiger charge is -2.45. The fourth-order valence-electron chi connectivity index (χ4n) is 7.56. The number of piperidine rings is 1. The summed E-state index contributed by atoms with van der Waals surface area (Å²) in [6.45, 7) is 5.59. The Balaban J connectivity index is 0.00000480. The van der Waals surface area contributed by atoms with Crippen molar-refractivity contribution in [3.8, 4) is 0 Å². The van der Waals surface area contributed by atoms with Gasteiger partial charge < -0.3 is 20.0 Å². The van der Waals surface area contributed by atoms with Gasteiger partial charge in [0.2, 0.25) is 0 Å². The summed E-state index contributed by atoms with van der Waals surface area (Å²) in [5.74, 6) is -2.49. The van der Waals surface area contributed by atoms with Crippen molar-refractivity contribution in [2.45, 2.75) is 50.4 Å². The van der Waals surface area contributed by atoms with Crippen LogP contribution in [0.2, 0.25) is 0 Å². The van der Waals surface area contributed by atoms with E-state index in [0.717, 1.165) is 25.9 Å². The highest BCUT2D eigenvalue weighted by Gasteiger charge is 2.51. The van der Waals surface area contributed by atoms with Crippen molar-refractivity contribution in [3.63, 3.8) is 0 Å². The van der Waals surface area contributed by atoms with Gasteiger partial charge in [-0.2, -0.15) is 0 Å². The highest BCUT2D eigenvalue weighted by Crippen LogP contribution is 2.50. The van der Waals surface area contributed by atoms with E-state index in [1.165, 1.54) is 29.3 Å². The maximum absolute atomic E-state index is 13.0. The first-order valence-electron chi connectivity index (χ1n) is 15.2. The predicted octanol–water partition coefficient (Wildman–Crippen LogP) is 6.78. The van der Waals surface area contributed by atoms with Gasteiger partial charge in [0.15, 0.2) is 0 Å². The molecule has 2 aliphatic rings. The van der Waals surface area contributed by atoms with Crippen LogP contribution in [0, 0.1) is 10.1 Å². The van der Waals surface area contributed by atoms with Gasteiger partial charge in [0.25, 0.3) is 5.69 Å². The Kier molecular flexibility index (Phi) is 10.4. The van der Waals surface area contributed by atoms with Gasteiger partial charge in [0.05, 0.1) is 21.5 Å². The van der Waals surface area contributed by atoms with Crippen molar-refractivity contribution in [1.29, 1.82) is 0 Å². The van der Waals surface area contributed by atoms with Crippen LogP contribution in [0.5, 0.6) is 0 Å². The Bertz CT molecular complexity index is 1580. The standard InChI is InChI=1S/C36H39N3O6.ClH/c1-25-31(33(40)41)36(32(34(42)43)26(2)37(25)3,29-16-10-17-30(24-29)39(44)45)18-11-21-38-22-19-35(20-23-38,27-12-6-4-7-13-27)28-14-8-5-9-15-28;/h4-10,12-17,24H,11,18-23H2,1-3H3,(H,40,41)(H,42,43);1H. The smallest absolute Gasteiger partial charge is 0.334 e. The van der Waals surface area contributed by atoms with Gasteiger partial charge >= 0.3 is 11.9 Å². The van der Waals surface area contributed by atoms with E-state index in [-0.39, 0.29) is 41.1 Å². The molecular weight excluding hydrogens is 606 g/mol. The molecule has 10 heteroatoms. The molecule has 2 N–H and O–H groups in total. The van der Waals surface area contributed by atoms with Gasteiger partial charge in [-0.1, -0.05) is 72.8 Å². The second-order valence-corrected chi connectivity index (χ2v) is 12.1. The van der Waals surface area contributed by atoms with Crippen LogP contribution in [0.1, 0.15) is 56.2 Å². The zero-order chi connectivity index (χ0) is 32.4. The monoisotopic (exact) mass is 645 g/mol. The van der Waals surface area contributed by atoms with E-state index in [9.17, 15) is 29.9 Å². The number of halogens is 1. The lowest BCUT2D eigenvalue weighted by molar-refractivity contribution is -0.385. The summed E-state index contributed by atoms with van der Waals surface area (Å²) in [6, 6.07) is 26.9. The highest BCUT2D eigenvalue weighted by atomic mass is 35.5. The fourth-order valence-corrected chi connectivity index (χ4v) is 7.56. The van der Waals surface area contributed by atoms with Gasteiger partial charge in [-0.05, 0) is 75.9 Å². The Labute approximate surface area is 275 Å². The number of nitrogens with zero attached hydrogens (tertiary/aromatic N) is 3. The summed E-state index contributed by atoms with van der Waals surface area (Å²) in [4.78, 5) is 41.1. The van der Waals surface area contributed by atoms with Crippen LogP contribution in [0.25, 0.3) is 0 Å². The van der Waals surface area contributed by atoms with Crippen molar-refractivity contribution in [1.82, 2.24) is 9.80 Å². The number of hydrogen-bond donors (Lipinski definition) is 2. The van der Waals surface area contributed by atoms with Crippen LogP contribution in [-0.4, -0.2) is 63.6 Å². The molecule has 5 rings (SSSR count). The van der Waals surface area contributed by atoms with E-state index < -0.39 is 22.3 Å². The van der Waals surface area contributed by atoms with Crippen molar-refractivity contribution in [3.05, 3.63) is 134 Å². The maximum Gasteiger partial charge on any atom is 0.334 e. The maximum atomic E-state index is 13.0. The average molecular weight is 646 g/mol. The largest absolute Gasteiger partial charge is 0.478 e. The Morgan fingerprint density at radius 3 is 1.74 bits per heavy atom. The predicted molar refractivity (Wildman–Crippen MR) is 179 cm³/mol. The lowest BCUT2D eigenvalue weighted by atomic mass is 9.63. The minimum Gasteiger partial charge on any atom is -0.478 e. The lowest BCUT2D eigenvalue weighted by Crippen LogP contribution is -2.46. The van der Waals surface area contributed by atoms with Crippen LogP contribution in [0.4, 0.5) is 5.69 Å². The third-order valence-corrected chi connectivity index (χ3v) is 9.95. The summed E-state index contributed by atoms with van der Waals surface area (Å²) in [6.07, 6.45) is 2.46. The van der Waals surface area contributed by atoms with Crippen molar-refractivity contribution in [2.75, 3.05) is 26.7 Å². The number of carboxylic acid groups (broad SMARTS) is 2. The third-order valence-electron chi connectivity index (χ3n) is 9.95. The van der Waals surface area contributed by atoms with E-state index in [0.29, 0.717) is 29.9 Å². The molecule has 9 nitrogen and oxygen atoms in total. The number of aliphatic carboxylic acids is 2. The second kappa shape index (κ2) is 13.9. The number of allylic oxidation sites excluding steroid dienone is 2. The zero-order valence-corrected chi connectivity index (χ0v) is 27.1. The Hall–Kier alpha value is -4.47. The van der Waals surface area contributed by atoms with Crippen molar-refractivity contribution < 1.29 is 24.7 Å². The van der Waals surface area contributed by atoms with Gasteiger partial charge in [-0.25, -0.2) is 9.59 Å². The molecule has 1 fully saturated rings. The number of likely N-dealkylation sites (tertiary alicyclic amines) is 1. The first kappa shape index (κ1) is 34.4. The molecule has 2 heterocycles. The van der Waals surface area contributed by atoms with E-state index in [1.807, 2.05) is 12.1 Å². The molecule has 3 aromatic carbocycles. The molecule has 0 unspecified atom stereocenters. The van der Waals surface area contributed by atoms with Crippen LogP contribution >= 0.6 is 12.4 Å². The molecule has 0 spiro atoms. The molecular formula is C36H40ClN3O6.